The number of nitrogens with two attached hydrogens (primary N) is 1. The van der Waals surface area contributed by atoms with Gasteiger partial charge in [-0.2, -0.15) is 0 Å². The normalized spacial score (nSPS) is 16.0. The van der Waals surface area contributed by atoms with Gasteiger partial charge in [0.2, 0.25) is 0 Å². The summed E-state index contributed by atoms with van der Waals surface area (Å²) >= 11 is 0. The zero-order valence-corrected chi connectivity index (χ0v) is 12.1. The molecule has 1 atom stereocenters. The number of carbonyl (C=O) groups excluding carboxylic acids is 2. The summed E-state index contributed by atoms with van der Waals surface area (Å²) < 4.78 is 7.04. The Kier molecular flexibility index (Phi) is 4.01. The summed E-state index contributed by atoms with van der Waals surface area (Å²) in [5.41, 5.74) is 6.67. The Morgan fingerprint density at radius 2 is 2.05 bits per heavy atom. The van der Waals surface area contributed by atoms with Gasteiger partial charge in [-0.25, -0.2) is 4.79 Å². The molecule has 0 saturated heterocycles. The molecule has 1 heterocycles. The number of carbonyl (C=O) groups is 2. The molecule has 1 unspecified atom stereocenters. The maximum Gasteiger partial charge on any atom is 0.355 e. The molecule has 6 nitrogen and oxygen atoms in total. The number of ether oxygens (including phenoxy) is 1. The topological polar surface area (TPSA) is 86.3 Å². The molecule has 6 heteroatoms. The van der Waals surface area contributed by atoms with E-state index in [4.69, 9.17) is 10.5 Å². The molecule has 3 N–H and O–H groups in total. The predicted octanol–water partition coefficient (Wildman–Crippen LogP) is 1.48. The summed E-state index contributed by atoms with van der Waals surface area (Å²) in [6, 6.07) is 1.93. The van der Waals surface area contributed by atoms with E-state index in [0.29, 0.717) is 17.4 Å². The van der Waals surface area contributed by atoms with Crippen LogP contribution >= 0.6 is 0 Å². The zero-order valence-electron chi connectivity index (χ0n) is 12.1. The molecule has 1 fully saturated rings. The largest absolute Gasteiger partial charge is 0.448 e. The Balaban J connectivity index is 2.03. The van der Waals surface area contributed by atoms with Gasteiger partial charge in [-0.1, -0.05) is 0 Å². The summed E-state index contributed by atoms with van der Waals surface area (Å²) in [6.07, 6.45) is 3.00. The van der Waals surface area contributed by atoms with E-state index in [0.717, 1.165) is 12.8 Å². The Bertz CT molecular complexity index is 518. The first-order valence-corrected chi connectivity index (χ1v) is 6.87. The SMILES string of the molecule is CC(C)NC(=O)C(C)OC(=O)c1cc(N)cn1C1CC1. The highest BCUT2D eigenvalue weighted by atomic mass is 16.5. The van der Waals surface area contributed by atoms with Crippen LogP contribution in [0.1, 0.15) is 50.1 Å². The van der Waals surface area contributed by atoms with Crippen LogP contribution in [-0.4, -0.2) is 28.6 Å². The molecule has 1 aliphatic rings. The quantitative estimate of drug-likeness (QED) is 0.799. The third kappa shape index (κ3) is 3.31. The van der Waals surface area contributed by atoms with Gasteiger partial charge in [0, 0.05) is 18.3 Å². The zero-order chi connectivity index (χ0) is 14.9. The van der Waals surface area contributed by atoms with E-state index in [2.05, 4.69) is 5.32 Å². The molecule has 0 bridgehead atoms. The number of nitrogens with zero attached hydrogens (tertiary/aromatic N) is 1. The maximum absolute atomic E-state index is 12.1. The van der Waals surface area contributed by atoms with Crippen molar-refractivity contribution in [3.8, 4) is 0 Å². The molecule has 20 heavy (non-hydrogen) atoms. The second-order valence-electron chi connectivity index (χ2n) is 5.51. The minimum Gasteiger partial charge on any atom is -0.448 e. The average Bonchev–Trinajstić information content (AvgIpc) is 3.11. The van der Waals surface area contributed by atoms with Crippen molar-refractivity contribution in [1.82, 2.24) is 9.88 Å². The molecular weight excluding hydrogens is 258 g/mol. The number of nitrogen functional groups attached to an aromatic ring is 1. The number of rotatable bonds is 5. The lowest BCUT2D eigenvalue weighted by molar-refractivity contribution is -0.129. The van der Waals surface area contributed by atoms with Crippen LogP contribution in [0.25, 0.3) is 0 Å². The fourth-order valence-corrected chi connectivity index (χ4v) is 2.00. The monoisotopic (exact) mass is 279 g/mol. The second kappa shape index (κ2) is 5.56. The van der Waals surface area contributed by atoms with Crippen molar-refractivity contribution in [3.05, 3.63) is 18.0 Å². The van der Waals surface area contributed by atoms with Gasteiger partial charge in [-0.15, -0.1) is 0 Å². The first-order valence-electron chi connectivity index (χ1n) is 6.87. The molecule has 110 valence electrons. The van der Waals surface area contributed by atoms with Crippen molar-refractivity contribution in [3.63, 3.8) is 0 Å². The van der Waals surface area contributed by atoms with E-state index in [-0.39, 0.29) is 11.9 Å². The number of anilines is 1. The lowest BCUT2D eigenvalue weighted by atomic mass is 10.3. The molecule has 1 aromatic heterocycles. The summed E-state index contributed by atoms with van der Waals surface area (Å²) in [5, 5.41) is 2.71. The van der Waals surface area contributed by atoms with Crippen LogP contribution in [0, 0.1) is 0 Å². The van der Waals surface area contributed by atoms with Crippen molar-refractivity contribution in [2.75, 3.05) is 5.73 Å². The summed E-state index contributed by atoms with van der Waals surface area (Å²) in [5.74, 6) is -0.814. The van der Waals surface area contributed by atoms with Gasteiger partial charge in [-0.3, -0.25) is 4.79 Å². The fraction of sp³-hybridized carbons (Fsp3) is 0.571. The minimum absolute atomic E-state index is 0.00891. The molecule has 1 aromatic rings. The summed E-state index contributed by atoms with van der Waals surface area (Å²) in [4.78, 5) is 23.9. The number of esters is 1. The smallest absolute Gasteiger partial charge is 0.355 e. The lowest BCUT2D eigenvalue weighted by Crippen LogP contribution is -2.39. The number of hydrogen-bond acceptors (Lipinski definition) is 4. The van der Waals surface area contributed by atoms with E-state index in [9.17, 15) is 9.59 Å². The Morgan fingerprint density at radius 3 is 2.60 bits per heavy atom. The fourth-order valence-electron chi connectivity index (χ4n) is 2.00. The molecule has 0 spiro atoms. The lowest BCUT2D eigenvalue weighted by Gasteiger charge is -2.16. The maximum atomic E-state index is 12.1. The molecule has 1 saturated carbocycles. The first-order chi connectivity index (χ1) is 9.38. The van der Waals surface area contributed by atoms with Crippen molar-refractivity contribution in [1.29, 1.82) is 0 Å². The molecule has 2 rings (SSSR count). The molecule has 1 amide bonds. The highest BCUT2D eigenvalue weighted by Gasteiger charge is 2.29. The van der Waals surface area contributed by atoms with Crippen LogP contribution < -0.4 is 11.1 Å². The number of nitrogens with one attached hydrogen (secondary N) is 1. The summed E-state index contributed by atoms with van der Waals surface area (Å²) in [7, 11) is 0. The van der Waals surface area contributed by atoms with E-state index in [1.165, 1.54) is 0 Å². The molecule has 0 aliphatic heterocycles. The van der Waals surface area contributed by atoms with Gasteiger partial charge in [-0.05, 0) is 39.7 Å². The van der Waals surface area contributed by atoms with E-state index >= 15 is 0 Å². The van der Waals surface area contributed by atoms with Crippen LogP contribution in [0.5, 0.6) is 0 Å². The van der Waals surface area contributed by atoms with Gasteiger partial charge >= 0.3 is 5.97 Å². The summed E-state index contributed by atoms with van der Waals surface area (Å²) in [6.45, 7) is 5.26. The van der Waals surface area contributed by atoms with Crippen LogP contribution in [0.2, 0.25) is 0 Å². The van der Waals surface area contributed by atoms with Crippen LogP contribution in [0.15, 0.2) is 12.3 Å². The number of aromatic nitrogens is 1. The highest BCUT2D eigenvalue weighted by Crippen LogP contribution is 2.37. The number of amides is 1. The third-order valence-corrected chi connectivity index (χ3v) is 3.10. The second-order valence-corrected chi connectivity index (χ2v) is 5.51. The molecule has 1 aliphatic carbocycles. The van der Waals surface area contributed by atoms with Crippen molar-refractivity contribution >= 4 is 17.6 Å². The van der Waals surface area contributed by atoms with Gasteiger partial charge in [0.15, 0.2) is 6.10 Å². The number of hydrogen-bond donors (Lipinski definition) is 2. The molecule has 0 radical (unpaired) electrons. The first kappa shape index (κ1) is 14.4. The Labute approximate surface area is 118 Å². The van der Waals surface area contributed by atoms with E-state index in [1.54, 1.807) is 19.2 Å². The minimum atomic E-state index is -0.825. The van der Waals surface area contributed by atoms with Gasteiger partial charge in [0.1, 0.15) is 5.69 Å². The van der Waals surface area contributed by atoms with Gasteiger partial charge in [0.05, 0.1) is 5.69 Å². The Morgan fingerprint density at radius 1 is 1.40 bits per heavy atom. The van der Waals surface area contributed by atoms with Crippen LogP contribution in [-0.2, 0) is 9.53 Å². The van der Waals surface area contributed by atoms with Crippen LogP contribution in [0.3, 0.4) is 0 Å². The molecule has 0 aromatic carbocycles. The highest BCUT2D eigenvalue weighted by molar-refractivity contribution is 5.92. The standard InChI is InChI=1S/C14H21N3O3/c1-8(2)16-13(18)9(3)20-14(19)12-6-10(15)7-17(12)11-4-5-11/h6-9,11H,4-5,15H2,1-3H3,(H,16,18). The average molecular weight is 279 g/mol. The van der Waals surface area contributed by atoms with E-state index < -0.39 is 12.1 Å². The predicted molar refractivity (Wildman–Crippen MR) is 75.3 cm³/mol. The van der Waals surface area contributed by atoms with Crippen molar-refractivity contribution in [2.45, 2.75) is 51.8 Å². The Hall–Kier alpha value is -1.98. The molecular formula is C14H21N3O3. The van der Waals surface area contributed by atoms with Gasteiger partial charge in [0.25, 0.3) is 5.91 Å². The van der Waals surface area contributed by atoms with Crippen molar-refractivity contribution < 1.29 is 14.3 Å². The van der Waals surface area contributed by atoms with Crippen molar-refractivity contribution in [2.24, 2.45) is 0 Å². The van der Waals surface area contributed by atoms with E-state index in [1.807, 2.05) is 18.4 Å². The van der Waals surface area contributed by atoms with Gasteiger partial charge < -0.3 is 20.4 Å². The van der Waals surface area contributed by atoms with Crippen LogP contribution in [0.4, 0.5) is 5.69 Å². The third-order valence-electron chi connectivity index (χ3n) is 3.10.